The summed E-state index contributed by atoms with van der Waals surface area (Å²) in [7, 11) is -2.53. The number of methoxy groups -OCH3 is 1. The molecule has 0 radical (unpaired) electrons. The van der Waals surface area contributed by atoms with Gasteiger partial charge in [0.25, 0.3) is 16.0 Å². The molecule has 3 saturated carbocycles. The fourth-order valence-corrected chi connectivity index (χ4v) is 10.7. The molecule has 2 N–H and O–H groups in total. The molecule has 0 spiro atoms. The number of nitrogens with one attached hydrogen (secondary N) is 2. The number of esters is 1. The Bertz CT molecular complexity index is 1870. The highest BCUT2D eigenvalue weighted by atomic mass is 32.2. The van der Waals surface area contributed by atoms with Crippen LogP contribution in [0.15, 0.2) is 53.4 Å². The second-order valence-electron chi connectivity index (χ2n) is 17.7. The van der Waals surface area contributed by atoms with Gasteiger partial charge in [-0.2, -0.15) is 8.42 Å². The molecule has 3 aliphatic rings. The summed E-state index contributed by atoms with van der Waals surface area (Å²) in [6.07, 6.45) is 2.32. The lowest BCUT2D eigenvalue weighted by Crippen LogP contribution is -2.63. The van der Waals surface area contributed by atoms with E-state index >= 15 is 0 Å². The molecule has 0 aliphatic heterocycles. The number of hydrogen-bond donors (Lipinski definition) is 2. The first-order chi connectivity index (χ1) is 26.1. The van der Waals surface area contributed by atoms with Crippen molar-refractivity contribution in [3.63, 3.8) is 0 Å². The van der Waals surface area contributed by atoms with Crippen LogP contribution in [0.1, 0.15) is 108 Å². The largest absolute Gasteiger partial charge is 0.460 e. The highest BCUT2D eigenvalue weighted by molar-refractivity contribution is 7.86. The van der Waals surface area contributed by atoms with Crippen LogP contribution in [-0.4, -0.2) is 70.2 Å². The van der Waals surface area contributed by atoms with Gasteiger partial charge in [0, 0.05) is 48.4 Å². The van der Waals surface area contributed by atoms with E-state index in [2.05, 4.69) is 24.5 Å². The SMILES string of the molecule is CO[C@@H]1CC[C@]23CC[C@@H](C)[C@](C)(C12)[C@H](OC(=O)COS(=O)(=O)c1ccc(C)cc1)C[C@](C)(CCNC(=O)c1ccc(CNC(=O)OC(C)(C)C)cc1)C(=O)[C@@H]3C. The Morgan fingerprint density at radius 2 is 1.57 bits per heavy atom. The van der Waals surface area contributed by atoms with Gasteiger partial charge in [0.15, 0.2) is 6.61 Å². The summed E-state index contributed by atoms with van der Waals surface area (Å²) in [5.74, 6) is -1.37. The Labute approximate surface area is 332 Å². The number of hydrogen-bond acceptors (Lipinski definition) is 10. The number of carbonyl (C=O) groups excluding carboxylic acids is 4. The van der Waals surface area contributed by atoms with Crippen LogP contribution in [-0.2, 0) is 44.6 Å². The van der Waals surface area contributed by atoms with Crippen LogP contribution in [0, 0.1) is 40.9 Å². The molecule has 3 fully saturated rings. The first-order valence-corrected chi connectivity index (χ1v) is 21.1. The van der Waals surface area contributed by atoms with Gasteiger partial charge in [-0.05, 0) is 107 Å². The zero-order valence-electron chi connectivity index (χ0n) is 34.4. The maximum Gasteiger partial charge on any atom is 0.407 e. The zero-order valence-corrected chi connectivity index (χ0v) is 35.2. The summed E-state index contributed by atoms with van der Waals surface area (Å²) < 4.78 is 48.9. The molecule has 0 saturated heterocycles. The van der Waals surface area contributed by atoms with Gasteiger partial charge in [0.05, 0.1) is 11.0 Å². The molecule has 2 aromatic carbocycles. The first kappa shape index (κ1) is 43.3. The second kappa shape index (κ2) is 16.6. The molecule has 2 bridgehead atoms. The predicted octanol–water partition coefficient (Wildman–Crippen LogP) is 6.92. The monoisotopic (exact) mass is 796 g/mol. The van der Waals surface area contributed by atoms with E-state index in [9.17, 15) is 27.6 Å². The Morgan fingerprint density at radius 1 is 0.929 bits per heavy atom. The number of ether oxygens (including phenoxy) is 3. The standard InChI is InChI=1S/C43H60N2O10S/c1-27-10-16-32(17-11-27)56(50,51)53-26-35(46)54-34-24-41(7,37(47)29(3)43-20-18-28(2)42(34,8)36(43)33(52-9)19-21-43)22-23-44-38(48)31-14-12-30(13-15-31)25-45-39(49)55-40(4,5)6/h10-17,28-29,33-34,36H,18-26H2,1-9H3,(H,44,48)(H,45,49)/t28-,29+,33-,34-,36?,41+,42+,43+/m1/s1. The van der Waals surface area contributed by atoms with E-state index in [-0.39, 0.29) is 65.4 Å². The molecule has 13 heteroatoms. The van der Waals surface area contributed by atoms with E-state index in [1.165, 1.54) is 12.1 Å². The van der Waals surface area contributed by atoms with Crippen molar-refractivity contribution < 1.29 is 46.0 Å². The number of Topliss-reactive ketones (excluding diaryl/α,β-unsaturated/α-hetero) is 1. The molecule has 1 unspecified atom stereocenters. The van der Waals surface area contributed by atoms with Crippen LogP contribution in [0.25, 0.3) is 0 Å². The smallest absolute Gasteiger partial charge is 0.407 e. The van der Waals surface area contributed by atoms with E-state index in [1.54, 1.807) is 64.3 Å². The Morgan fingerprint density at radius 3 is 2.20 bits per heavy atom. The van der Waals surface area contributed by atoms with E-state index in [4.69, 9.17) is 18.4 Å². The zero-order chi connectivity index (χ0) is 41.3. The predicted molar refractivity (Wildman–Crippen MR) is 210 cm³/mol. The number of alkyl carbamates (subject to hydrolysis) is 1. The molecule has 308 valence electrons. The average molecular weight is 797 g/mol. The van der Waals surface area contributed by atoms with Crippen molar-refractivity contribution >= 4 is 33.9 Å². The number of aryl methyl sites for hydroxylation is 1. The summed E-state index contributed by atoms with van der Waals surface area (Å²) >= 11 is 0. The van der Waals surface area contributed by atoms with Gasteiger partial charge in [0.2, 0.25) is 0 Å². The van der Waals surface area contributed by atoms with Gasteiger partial charge in [0.1, 0.15) is 17.5 Å². The van der Waals surface area contributed by atoms with E-state index in [1.807, 2.05) is 20.8 Å². The van der Waals surface area contributed by atoms with Crippen molar-refractivity contribution in [3.8, 4) is 0 Å². The fourth-order valence-electron chi connectivity index (χ4n) is 9.80. The number of carbonyl (C=O) groups is 4. The molecule has 12 nitrogen and oxygen atoms in total. The van der Waals surface area contributed by atoms with Crippen molar-refractivity contribution in [2.24, 2.45) is 34.0 Å². The molecule has 2 amide bonds. The molecule has 2 aromatic rings. The molecular formula is C43H60N2O10S. The van der Waals surface area contributed by atoms with Crippen molar-refractivity contribution in [3.05, 3.63) is 65.2 Å². The Kier molecular flexibility index (Phi) is 12.8. The lowest BCUT2D eigenvalue weighted by atomic mass is 9.43. The van der Waals surface area contributed by atoms with Gasteiger partial charge >= 0.3 is 12.1 Å². The molecule has 3 aliphatic carbocycles. The molecule has 56 heavy (non-hydrogen) atoms. The number of rotatable bonds is 12. The van der Waals surface area contributed by atoms with Crippen LogP contribution >= 0.6 is 0 Å². The summed E-state index contributed by atoms with van der Waals surface area (Å²) in [6, 6.07) is 13.0. The van der Waals surface area contributed by atoms with Crippen molar-refractivity contribution in [1.82, 2.24) is 10.6 Å². The minimum absolute atomic E-state index is 0.0613. The third kappa shape index (κ3) is 9.00. The lowest BCUT2D eigenvalue weighted by Gasteiger charge is -2.62. The Hall–Kier alpha value is -3.81. The quantitative estimate of drug-likeness (QED) is 0.170. The highest BCUT2D eigenvalue weighted by Crippen LogP contribution is 2.69. The van der Waals surface area contributed by atoms with Crippen molar-refractivity contribution in [2.75, 3.05) is 20.3 Å². The van der Waals surface area contributed by atoms with Gasteiger partial charge < -0.3 is 24.8 Å². The summed E-state index contributed by atoms with van der Waals surface area (Å²) in [4.78, 5) is 53.8. The molecule has 5 rings (SSSR count). The van der Waals surface area contributed by atoms with Crippen molar-refractivity contribution in [2.45, 2.75) is 123 Å². The van der Waals surface area contributed by atoms with E-state index in [0.717, 1.165) is 36.8 Å². The van der Waals surface area contributed by atoms with Gasteiger partial charge in [-0.25, -0.2) is 9.59 Å². The third-order valence-electron chi connectivity index (χ3n) is 13.1. The molecule has 8 atom stereocenters. The van der Waals surface area contributed by atoms with Gasteiger partial charge in [-0.3, -0.25) is 13.8 Å². The van der Waals surface area contributed by atoms with Crippen LogP contribution < -0.4 is 10.6 Å². The second-order valence-corrected chi connectivity index (χ2v) is 19.4. The summed E-state index contributed by atoms with van der Waals surface area (Å²) in [6.45, 7) is 15.1. The van der Waals surface area contributed by atoms with Gasteiger partial charge in [-0.15, -0.1) is 0 Å². The third-order valence-corrected chi connectivity index (χ3v) is 14.4. The van der Waals surface area contributed by atoms with Crippen LogP contribution in [0.4, 0.5) is 4.79 Å². The normalized spacial score (nSPS) is 30.4. The fraction of sp³-hybridized carbons (Fsp3) is 0.628. The Balaban J connectivity index is 1.34. The minimum Gasteiger partial charge on any atom is -0.460 e. The summed E-state index contributed by atoms with van der Waals surface area (Å²) in [5, 5.41) is 5.69. The molecule has 0 heterocycles. The van der Waals surface area contributed by atoms with Crippen LogP contribution in [0.2, 0.25) is 0 Å². The average Bonchev–Trinajstić information content (AvgIpc) is 3.54. The minimum atomic E-state index is -4.23. The highest BCUT2D eigenvalue weighted by Gasteiger charge is 2.68. The van der Waals surface area contributed by atoms with E-state index < -0.39 is 51.3 Å². The number of benzene rings is 2. The maximum absolute atomic E-state index is 14.8. The molecule has 0 aromatic heterocycles. The lowest BCUT2D eigenvalue weighted by molar-refractivity contribution is -0.207. The topological polar surface area (TPSA) is 163 Å². The van der Waals surface area contributed by atoms with Crippen LogP contribution in [0.3, 0.4) is 0 Å². The first-order valence-electron chi connectivity index (χ1n) is 19.7. The number of amides is 2. The maximum atomic E-state index is 14.8. The number of ketones is 1. The van der Waals surface area contributed by atoms with Crippen molar-refractivity contribution in [1.29, 1.82) is 0 Å². The van der Waals surface area contributed by atoms with Gasteiger partial charge in [-0.1, -0.05) is 57.5 Å². The van der Waals surface area contributed by atoms with E-state index in [0.29, 0.717) is 12.0 Å². The van der Waals surface area contributed by atoms with Crippen LogP contribution in [0.5, 0.6) is 0 Å². The summed E-state index contributed by atoms with van der Waals surface area (Å²) in [5.41, 5.74) is -0.495. The molecular weight excluding hydrogens is 737 g/mol.